The molecule has 16 heavy (non-hydrogen) atoms. The van der Waals surface area contributed by atoms with E-state index in [1.54, 1.807) is 0 Å². The molecule has 0 N–H and O–H groups in total. The molecule has 4 nitrogen and oxygen atoms in total. The van der Waals surface area contributed by atoms with Crippen molar-refractivity contribution in [3.8, 4) is 0 Å². The predicted molar refractivity (Wildman–Crippen MR) is 67.3 cm³/mol. The zero-order valence-corrected chi connectivity index (χ0v) is 10.3. The maximum Gasteiger partial charge on any atom is 0.363 e. The molecule has 0 aliphatic carbocycles. The first-order chi connectivity index (χ1) is 6.97. The third-order valence-corrected chi connectivity index (χ3v) is 1.56. The smallest absolute Gasteiger partial charge is 0.363 e. The van der Waals surface area contributed by atoms with Crippen molar-refractivity contribution < 1.29 is 19.0 Å². The van der Waals surface area contributed by atoms with Gasteiger partial charge in [-0.3, -0.25) is 0 Å². The molecule has 0 saturated carbocycles. The summed E-state index contributed by atoms with van der Waals surface area (Å²) in [7, 11) is 1.33. The van der Waals surface area contributed by atoms with Gasteiger partial charge in [0.2, 0.25) is 0 Å². The summed E-state index contributed by atoms with van der Waals surface area (Å²) in [6.45, 7) is 9.01. The van der Waals surface area contributed by atoms with E-state index in [-0.39, 0.29) is 17.4 Å². The van der Waals surface area contributed by atoms with Gasteiger partial charge < -0.3 is 14.2 Å². The molecule has 0 aromatic rings. The zero-order chi connectivity index (χ0) is 11.8. The Morgan fingerprint density at radius 3 is 1.62 bits per heavy atom. The minimum Gasteiger partial charge on any atom is -0.465 e. The third kappa shape index (κ3) is 9.17. The molecule has 0 radical (unpaired) electrons. The first-order valence-electron chi connectivity index (χ1n) is 5.28. The Morgan fingerprint density at radius 2 is 1.38 bits per heavy atom. The fourth-order valence-corrected chi connectivity index (χ4v) is 0.840. The van der Waals surface area contributed by atoms with Crippen LogP contribution in [0.2, 0.25) is 0 Å². The molecule has 0 fully saturated rings. The largest absolute Gasteiger partial charge is 0.465 e. The number of carbonyl (C=O) groups is 1. The van der Waals surface area contributed by atoms with Gasteiger partial charge in [-0.05, 0) is 11.8 Å². The minimum absolute atomic E-state index is 0. The molecule has 96 valence electrons. The average molecular weight is 248 g/mol. The molecule has 0 amide bonds. The summed E-state index contributed by atoms with van der Waals surface area (Å²) in [5.74, 6) is 0.246. The van der Waals surface area contributed by atoms with Crippen molar-refractivity contribution in [3.05, 3.63) is 0 Å². The quantitative estimate of drug-likeness (QED) is 0.377. The Labute approximate surface area is 109 Å². The summed E-state index contributed by atoms with van der Waals surface area (Å²) < 4.78 is 15.2. The number of carbonyl (C=O) groups excluding carboxylic acids is 1. The van der Waals surface area contributed by atoms with E-state index in [1.807, 2.05) is 27.7 Å². The van der Waals surface area contributed by atoms with Gasteiger partial charge in [-0.1, -0.05) is 27.7 Å². The van der Waals surface area contributed by atoms with Gasteiger partial charge in [-0.25, -0.2) is 4.79 Å². The first-order valence-corrected chi connectivity index (χ1v) is 5.28. The van der Waals surface area contributed by atoms with E-state index in [0.29, 0.717) is 25.0 Å². The van der Waals surface area contributed by atoms with Crippen LogP contribution < -0.4 is 0 Å². The zero-order valence-electron chi connectivity index (χ0n) is 10.3. The molecule has 0 aromatic carbocycles. The van der Waals surface area contributed by atoms with Crippen molar-refractivity contribution in [3.63, 3.8) is 0 Å². The van der Waals surface area contributed by atoms with Gasteiger partial charge in [-0.2, -0.15) is 0 Å². The molecule has 0 aliphatic rings. The average Bonchev–Trinajstić information content (AvgIpc) is 2.16. The topological polar surface area (TPSA) is 44.8 Å². The Bertz CT molecular complexity index is 171. The minimum atomic E-state index is -0.889. The molecule has 0 aliphatic heterocycles. The molecule has 5 heteroatoms. The van der Waals surface area contributed by atoms with Crippen molar-refractivity contribution in [2.75, 3.05) is 20.3 Å². The van der Waals surface area contributed by atoms with E-state index in [0.717, 1.165) is 0 Å². The number of ether oxygens (including phenoxy) is 3. The maximum absolute atomic E-state index is 11.3. The van der Waals surface area contributed by atoms with E-state index in [9.17, 15) is 4.79 Å². The molecule has 0 spiro atoms. The number of hydrogen-bond donors (Lipinski definition) is 0. The normalized spacial score (nSPS) is 10.8. The van der Waals surface area contributed by atoms with Crippen LogP contribution in [0.3, 0.4) is 0 Å². The molecule has 0 aromatic heterocycles. The van der Waals surface area contributed by atoms with Gasteiger partial charge in [0.15, 0.2) is 17.4 Å². The summed E-state index contributed by atoms with van der Waals surface area (Å²) >= 11 is 0. The highest BCUT2D eigenvalue weighted by atomic mass is 27.0. The molecular weight excluding hydrogens is 223 g/mol. The number of rotatable bonds is 7. The van der Waals surface area contributed by atoms with Gasteiger partial charge in [0.1, 0.15) is 0 Å². The molecular formula is C11H25AlO4. The summed E-state index contributed by atoms with van der Waals surface area (Å²) in [6.07, 6.45) is -0.889. The Kier molecular flexibility index (Phi) is 11.5. The second kappa shape index (κ2) is 10.1. The fraction of sp³-hybridized carbons (Fsp3) is 0.909. The summed E-state index contributed by atoms with van der Waals surface area (Å²) in [4.78, 5) is 11.3. The van der Waals surface area contributed by atoms with E-state index < -0.39 is 12.3 Å². The molecule has 0 saturated heterocycles. The van der Waals surface area contributed by atoms with Gasteiger partial charge in [0.25, 0.3) is 6.29 Å². The molecule has 0 rings (SSSR count). The predicted octanol–water partition coefficient (Wildman–Crippen LogP) is 0.647. The van der Waals surface area contributed by atoms with Crippen molar-refractivity contribution in [1.29, 1.82) is 0 Å². The highest BCUT2D eigenvalue weighted by molar-refractivity contribution is 5.75. The highest BCUT2D eigenvalue weighted by Gasteiger charge is 2.21. The lowest BCUT2D eigenvalue weighted by atomic mass is 10.2. The molecule has 0 heterocycles. The SMILES string of the molecule is COC(=O)C(OCC(C)C)OCC(C)C.[AlH3]. The van der Waals surface area contributed by atoms with Crippen LogP contribution in [0.5, 0.6) is 0 Å². The van der Waals surface area contributed by atoms with Crippen LogP contribution in [0.1, 0.15) is 27.7 Å². The van der Waals surface area contributed by atoms with Crippen LogP contribution in [-0.4, -0.2) is 49.9 Å². The van der Waals surface area contributed by atoms with Crippen LogP contribution in [-0.2, 0) is 19.0 Å². The summed E-state index contributed by atoms with van der Waals surface area (Å²) in [5.41, 5.74) is 0. The number of hydrogen-bond acceptors (Lipinski definition) is 4. The van der Waals surface area contributed by atoms with Crippen molar-refractivity contribution in [1.82, 2.24) is 0 Å². The summed E-state index contributed by atoms with van der Waals surface area (Å²) in [6, 6.07) is 0. The van der Waals surface area contributed by atoms with Crippen molar-refractivity contribution in [2.45, 2.75) is 34.0 Å². The fourth-order valence-electron chi connectivity index (χ4n) is 0.840. The monoisotopic (exact) mass is 248 g/mol. The van der Waals surface area contributed by atoms with E-state index in [4.69, 9.17) is 9.47 Å². The van der Waals surface area contributed by atoms with Crippen LogP contribution in [0.25, 0.3) is 0 Å². The van der Waals surface area contributed by atoms with E-state index in [1.165, 1.54) is 7.11 Å². The second-order valence-electron chi connectivity index (χ2n) is 4.31. The lowest BCUT2D eigenvalue weighted by molar-refractivity contribution is -0.196. The Morgan fingerprint density at radius 1 is 1.00 bits per heavy atom. The van der Waals surface area contributed by atoms with Crippen molar-refractivity contribution >= 4 is 23.3 Å². The standard InChI is InChI=1S/C11H22O4.Al.3H/c1-8(2)6-14-11(10(12)13-5)15-7-9(3)4;;;;/h8-9,11H,6-7H2,1-5H3;;;;. The Balaban J connectivity index is 0. The van der Waals surface area contributed by atoms with Crippen LogP contribution in [0.15, 0.2) is 0 Å². The molecule has 0 atom stereocenters. The van der Waals surface area contributed by atoms with Gasteiger partial charge >= 0.3 is 5.97 Å². The first kappa shape index (κ1) is 18.3. The highest BCUT2D eigenvalue weighted by Crippen LogP contribution is 2.04. The molecule has 0 unspecified atom stereocenters. The Hall–Kier alpha value is -0.0775. The van der Waals surface area contributed by atoms with Gasteiger partial charge in [0, 0.05) is 0 Å². The van der Waals surface area contributed by atoms with Crippen molar-refractivity contribution in [2.24, 2.45) is 11.8 Å². The molecule has 0 bridgehead atoms. The van der Waals surface area contributed by atoms with Gasteiger partial charge in [0.05, 0.1) is 20.3 Å². The summed E-state index contributed by atoms with van der Waals surface area (Å²) in [5, 5.41) is 0. The van der Waals surface area contributed by atoms with E-state index >= 15 is 0 Å². The lowest BCUT2D eigenvalue weighted by Gasteiger charge is -2.18. The number of esters is 1. The third-order valence-electron chi connectivity index (χ3n) is 1.56. The van der Waals surface area contributed by atoms with Crippen LogP contribution in [0.4, 0.5) is 0 Å². The van der Waals surface area contributed by atoms with E-state index in [2.05, 4.69) is 4.74 Å². The number of methoxy groups -OCH3 is 1. The van der Waals surface area contributed by atoms with Crippen LogP contribution >= 0.6 is 0 Å². The lowest BCUT2D eigenvalue weighted by Crippen LogP contribution is -2.31. The maximum atomic E-state index is 11.3. The second-order valence-corrected chi connectivity index (χ2v) is 4.31. The van der Waals surface area contributed by atoms with Crippen LogP contribution in [0, 0.1) is 11.8 Å². The van der Waals surface area contributed by atoms with Gasteiger partial charge in [-0.15, -0.1) is 0 Å².